The van der Waals surface area contributed by atoms with Crippen LogP contribution >= 0.6 is 0 Å². The van der Waals surface area contributed by atoms with Crippen molar-refractivity contribution in [1.82, 2.24) is 4.90 Å². The van der Waals surface area contributed by atoms with E-state index >= 15 is 0 Å². The molecule has 3 N–H and O–H groups in total. The maximum Gasteiger partial charge on any atom is 2.00 e. The Morgan fingerprint density at radius 1 is 1.12 bits per heavy atom. The van der Waals surface area contributed by atoms with E-state index in [1.165, 1.54) is 23.1 Å². The summed E-state index contributed by atoms with van der Waals surface area (Å²) >= 11 is 0. The van der Waals surface area contributed by atoms with Gasteiger partial charge < -0.3 is 10.2 Å². The van der Waals surface area contributed by atoms with Gasteiger partial charge in [-0.15, -0.1) is 0 Å². The van der Waals surface area contributed by atoms with Gasteiger partial charge in [-0.05, 0) is 25.0 Å². The SMILES string of the molecule is CCC(CC)N1C(=O)c2cccc(NN=C(C(=O)O)C(=O)O)c2C1=O.[Ni+2]. The Labute approximate surface area is 159 Å². The summed E-state index contributed by atoms with van der Waals surface area (Å²) in [4.78, 5) is 48.1. The molecular weight excluding hydrogens is 389 g/mol. The predicted molar refractivity (Wildman–Crippen MR) is 87.6 cm³/mol. The molecule has 1 aromatic rings. The van der Waals surface area contributed by atoms with Crippen molar-refractivity contribution in [3.8, 4) is 0 Å². The molecule has 0 atom stereocenters. The van der Waals surface area contributed by atoms with Crippen molar-refractivity contribution in [3.05, 3.63) is 29.3 Å². The van der Waals surface area contributed by atoms with Crippen LogP contribution in [0.4, 0.5) is 5.69 Å². The molecule has 9 nitrogen and oxygen atoms in total. The number of carboxylic acid groups (broad SMARTS) is 2. The van der Waals surface area contributed by atoms with Gasteiger partial charge in [0.15, 0.2) is 0 Å². The van der Waals surface area contributed by atoms with Crippen LogP contribution in [-0.4, -0.2) is 50.6 Å². The first-order valence-electron chi connectivity index (χ1n) is 7.64. The third kappa shape index (κ3) is 3.75. The van der Waals surface area contributed by atoms with Gasteiger partial charge in [0.05, 0.1) is 16.8 Å². The van der Waals surface area contributed by atoms with Crippen molar-refractivity contribution in [2.24, 2.45) is 5.10 Å². The van der Waals surface area contributed by atoms with E-state index in [1.807, 2.05) is 13.8 Å². The zero-order valence-corrected chi connectivity index (χ0v) is 14.9. The summed E-state index contributed by atoms with van der Waals surface area (Å²) in [5.41, 5.74) is 1.45. The van der Waals surface area contributed by atoms with E-state index in [9.17, 15) is 19.2 Å². The Bertz CT molecular complexity index is 772. The van der Waals surface area contributed by atoms with Crippen molar-refractivity contribution in [1.29, 1.82) is 0 Å². The van der Waals surface area contributed by atoms with Crippen molar-refractivity contribution < 1.29 is 45.9 Å². The first-order chi connectivity index (χ1) is 11.8. The fraction of sp³-hybridized carbons (Fsp3) is 0.312. The van der Waals surface area contributed by atoms with Crippen LogP contribution in [0.15, 0.2) is 23.3 Å². The summed E-state index contributed by atoms with van der Waals surface area (Å²) in [6, 6.07) is 4.16. The Morgan fingerprint density at radius 3 is 2.19 bits per heavy atom. The standard InChI is InChI=1S/C16H17N3O6.Ni/c1-3-8(4-2)19-13(20)9-6-5-7-10(11(9)14(19)21)17-18-12(15(22)23)16(24)25;/h5-8,17H,3-4H2,1-2H3,(H,22,23)(H,24,25);/q;+2. The van der Waals surface area contributed by atoms with Gasteiger partial charge >= 0.3 is 28.4 Å². The van der Waals surface area contributed by atoms with Crippen LogP contribution in [0.25, 0.3) is 0 Å². The number of carbonyl (C=O) groups is 4. The van der Waals surface area contributed by atoms with Crippen molar-refractivity contribution in [2.45, 2.75) is 32.7 Å². The van der Waals surface area contributed by atoms with Gasteiger partial charge in [-0.1, -0.05) is 19.9 Å². The summed E-state index contributed by atoms with van der Waals surface area (Å²) in [7, 11) is 0. The molecule has 1 heterocycles. The quantitative estimate of drug-likeness (QED) is 0.205. The maximum absolute atomic E-state index is 12.7. The number of imide groups is 1. The minimum atomic E-state index is -1.73. The minimum absolute atomic E-state index is 0. The second kappa shape index (κ2) is 8.57. The average Bonchev–Trinajstić information content (AvgIpc) is 2.81. The number of hydrazone groups is 1. The number of anilines is 1. The fourth-order valence-corrected chi connectivity index (χ4v) is 2.69. The Balaban J connectivity index is 0.00000338. The van der Waals surface area contributed by atoms with Gasteiger partial charge in [-0.2, -0.15) is 5.10 Å². The predicted octanol–water partition coefficient (Wildman–Crippen LogP) is 1.41. The number of aliphatic carboxylic acids is 2. The first kappa shape index (κ1) is 21.3. The molecule has 0 saturated carbocycles. The molecule has 0 aliphatic carbocycles. The molecule has 1 aliphatic heterocycles. The van der Waals surface area contributed by atoms with Gasteiger partial charge in [0.25, 0.3) is 17.5 Å². The van der Waals surface area contributed by atoms with Gasteiger partial charge in [0, 0.05) is 6.04 Å². The van der Waals surface area contributed by atoms with E-state index < -0.39 is 29.5 Å². The molecule has 26 heavy (non-hydrogen) atoms. The van der Waals surface area contributed by atoms with Crippen LogP contribution in [0.5, 0.6) is 0 Å². The summed E-state index contributed by atoms with van der Waals surface area (Å²) < 4.78 is 0. The number of fused-ring (bicyclic) bond motifs is 1. The molecule has 0 aromatic heterocycles. The van der Waals surface area contributed by atoms with Crippen molar-refractivity contribution in [3.63, 3.8) is 0 Å². The number of nitrogens with one attached hydrogen (secondary N) is 1. The Hall–Kier alpha value is -2.74. The molecule has 1 aliphatic rings. The molecule has 0 unspecified atom stereocenters. The number of rotatable bonds is 7. The summed E-state index contributed by atoms with van der Waals surface area (Å²) in [5.74, 6) is -4.40. The topological polar surface area (TPSA) is 136 Å². The molecular formula is C16H17N3NiO6+2. The molecule has 2 amide bonds. The van der Waals surface area contributed by atoms with Crippen molar-refractivity contribution in [2.75, 3.05) is 5.43 Å². The van der Waals surface area contributed by atoms with Gasteiger partial charge in [0.2, 0.25) is 0 Å². The van der Waals surface area contributed by atoms with E-state index in [-0.39, 0.29) is 39.3 Å². The normalized spacial score (nSPS) is 12.5. The van der Waals surface area contributed by atoms with E-state index in [1.54, 1.807) is 0 Å². The van der Waals surface area contributed by atoms with E-state index in [0.29, 0.717) is 12.8 Å². The molecule has 0 spiro atoms. The molecule has 0 bridgehead atoms. The number of carbonyl (C=O) groups excluding carboxylic acids is 2. The summed E-state index contributed by atoms with van der Waals surface area (Å²) in [5, 5.41) is 20.9. The van der Waals surface area contributed by atoms with Crippen LogP contribution in [0.1, 0.15) is 47.4 Å². The largest absolute Gasteiger partial charge is 2.00 e. The third-order valence-corrected chi connectivity index (χ3v) is 3.95. The van der Waals surface area contributed by atoms with Crippen LogP contribution in [-0.2, 0) is 26.1 Å². The van der Waals surface area contributed by atoms with Crippen LogP contribution in [0.2, 0.25) is 0 Å². The Morgan fingerprint density at radius 2 is 1.69 bits per heavy atom. The minimum Gasteiger partial charge on any atom is -0.476 e. The summed E-state index contributed by atoms with van der Waals surface area (Å²) in [6.07, 6.45) is 1.20. The number of amides is 2. The number of nitrogens with zero attached hydrogens (tertiary/aromatic N) is 2. The second-order valence-electron chi connectivity index (χ2n) is 5.36. The molecule has 140 valence electrons. The van der Waals surface area contributed by atoms with Gasteiger partial charge in [-0.3, -0.25) is 19.9 Å². The smallest absolute Gasteiger partial charge is 0.476 e. The number of hydrogen-bond acceptors (Lipinski definition) is 6. The van der Waals surface area contributed by atoms with E-state index in [4.69, 9.17) is 10.2 Å². The second-order valence-corrected chi connectivity index (χ2v) is 5.36. The first-order valence-corrected chi connectivity index (χ1v) is 7.64. The van der Waals surface area contributed by atoms with E-state index in [2.05, 4.69) is 10.5 Å². The molecule has 2 rings (SSSR count). The number of hydrogen-bond donors (Lipinski definition) is 3. The number of carboxylic acids is 2. The molecule has 10 heteroatoms. The van der Waals surface area contributed by atoms with Gasteiger partial charge in [0.1, 0.15) is 0 Å². The van der Waals surface area contributed by atoms with Gasteiger partial charge in [-0.25, -0.2) is 9.59 Å². The van der Waals surface area contributed by atoms with Crippen molar-refractivity contribution >= 4 is 35.2 Å². The fourth-order valence-electron chi connectivity index (χ4n) is 2.69. The molecule has 0 radical (unpaired) electrons. The molecule has 0 saturated heterocycles. The zero-order chi connectivity index (χ0) is 18.7. The molecule has 1 aromatic carbocycles. The van der Waals surface area contributed by atoms with Crippen LogP contribution in [0, 0.1) is 0 Å². The van der Waals surface area contributed by atoms with E-state index in [0.717, 1.165) is 0 Å². The van der Waals surface area contributed by atoms with Crippen LogP contribution < -0.4 is 5.43 Å². The van der Waals surface area contributed by atoms with Crippen LogP contribution in [0.3, 0.4) is 0 Å². The Kier molecular flexibility index (Phi) is 7.03. The zero-order valence-electron chi connectivity index (χ0n) is 14.0. The molecule has 0 fully saturated rings. The summed E-state index contributed by atoms with van der Waals surface area (Å²) in [6.45, 7) is 3.74. The monoisotopic (exact) mass is 405 g/mol. The third-order valence-electron chi connectivity index (χ3n) is 3.95. The number of benzene rings is 1. The average molecular weight is 406 g/mol. The maximum atomic E-state index is 12.7.